The summed E-state index contributed by atoms with van der Waals surface area (Å²) in [5.74, 6) is -1.44. The summed E-state index contributed by atoms with van der Waals surface area (Å²) in [6.45, 7) is 2.52. The standard InChI is InChI=1S/C26H22F2N6O/c1-16-6-4-5-7-22(16)34-23(35)11-10-21(30-34)24-25(19-9-8-18(27)12-20(19)28)31-33-15-17(14-32(2)3)13-29-26(24)33/h4-13,15H,14H2,1-3H3. The molecule has 0 atom stereocenters. The van der Waals surface area contributed by atoms with Crippen LogP contribution in [0, 0.1) is 18.6 Å². The van der Waals surface area contributed by atoms with Crippen molar-refractivity contribution in [2.75, 3.05) is 14.1 Å². The monoisotopic (exact) mass is 472 g/mol. The molecule has 3 aromatic heterocycles. The second-order valence-corrected chi connectivity index (χ2v) is 8.57. The van der Waals surface area contributed by atoms with Gasteiger partial charge in [-0.15, -0.1) is 0 Å². The van der Waals surface area contributed by atoms with Crippen molar-refractivity contribution in [2.45, 2.75) is 13.5 Å². The van der Waals surface area contributed by atoms with E-state index in [4.69, 9.17) is 0 Å². The first-order valence-electron chi connectivity index (χ1n) is 11.0. The van der Waals surface area contributed by atoms with Crippen LogP contribution in [0.5, 0.6) is 0 Å². The van der Waals surface area contributed by atoms with E-state index in [1.807, 2.05) is 50.3 Å². The maximum atomic E-state index is 14.9. The highest BCUT2D eigenvalue weighted by Gasteiger charge is 2.23. The number of benzene rings is 2. The van der Waals surface area contributed by atoms with Gasteiger partial charge in [0, 0.05) is 42.2 Å². The summed E-state index contributed by atoms with van der Waals surface area (Å²) >= 11 is 0. The molecule has 5 aromatic rings. The Balaban J connectivity index is 1.78. The van der Waals surface area contributed by atoms with Crippen molar-refractivity contribution < 1.29 is 8.78 Å². The highest BCUT2D eigenvalue weighted by atomic mass is 19.1. The maximum Gasteiger partial charge on any atom is 0.271 e. The minimum absolute atomic E-state index is 0.108. The number of aryl methyl sites for hydroxylation is 1. The van der Waals surface area contributed by atoms with Crippen molar-refractivity contribution in [3.05, 3.63) is 100 Å². The van der Waals surface area contributed by atoms with Crippen LogP contribution in [-0.2, 0) is 6.54 Å². The lowest BCUT2D eigenvalue weighted by molar-refractivity contribution is 0.401. The fraction of sp³-hybridized carbons (Fsp3) is 0.154. The van der Waals surface area contributed by atoms with Gasteiger partial charge in [0.2, 0.25) is 0 Å². The van der Waals surface area contributed by atoms with Crippen LogP contribution in [-0.4, -0.2) is 43.4 Å². The molecule has 35 heavy (non-hydrogen) atoms. The molecule has 7 nitrogen and oxygen atoms in total. The van der Waals surface area contributed by atoms with E-state index >= 15 is 0 Å². The van der Waals surface area contributed by atoms with Gasteiger partial charge in [0.25, 0.3) is 5.56 Å². The summed E-state index contributed by atoms with van der Waals surface area (Å²) in [6, 6.07) is 13.7. The third kappa shape index (κ3) is 4.22. The van der Waals surface area contributed by atoms with Gasteiger partial charge in [-0.2, -0.15) is 14.9 Å². The zero-order valence-corrected chi connectivity index (χ0v) is 19.4. The van der Waals surface area contributed by atoms with Crippen molar-refractivity contribution in [3.63, 3.8) is 0 Å². The predicted octanol–water partition coefficient (Wildman–Crippen LogP) is 4.26. The third-order valence-electron chi connectivity index (χ3n) is 5.61. The summed E-state index contributed by atoms with van der Waals surface area (Å²) in [5.41, 5.74) is 3.71. The summed E-state index contributed by atoms with van der Waals surface area (Å²) < 4.78 is 31.4. The predicted molar refractivity (Wildman–Crippen MR) is 129 cm³/mol. The molecule has 0 spiro atoms. The summed E-state index contributed by atoms with van der Waals surface area (Å²) in [5, 5.41) is 9.21. The lowest BCUT2D eigenvalue weighted by atomic mass is 10.0. The molecular weight excluding hydrogens is 450 g/mol. The van der Waals surface area contributed by atoms with Gasteiger partial charge in [0.05, 0.1) is 16.9 Å². The average Bonchev–Trinajstić information content (AvgIpc) is 3.18. The molecule has 0 amide bonds. The van der Waals surface area contributed by atoms with Gasteiger partial charge in [-0.3, -0.25) is 4.79 Å². The Morgan fingerprint density at radius 1 is 1.00 bits per heavy atom. The van der Waals surface area contributed by atoms with Crippen LogP contribution in [0.1, 0.15) is 11.1 Å². The van der Waals surface area contributed by atoms with Gasteiger partial charge in [-0.25, -0.2) is 18.3 Å². The minimum Gasteiger partial charge on any atom is -0.305 e. The molecule has 0 radical (unpaired) electrons. The first-order valence-corrected chi connectivity index (χ1v) is 11.0. The van der Waals surface area contributed by atoms with Crippen molar-refractivity contribution in [1.82, 2.24) is 29.3 Å². The van der Waals surface area contributed by atoms with Crippen LogP contribution in [0.4, 0.5) is 8.78 Å². The van der Waals surface area contributed by atoms with Crippen LogP contribution in [0.3, 0.4) is 0 Å². The Hall–Kier alpha value is -4.24. The Kier molecular flexibility index (Phi) is 5.70. The highest BCUT2D eigenvalue weighted by Crippen LogP contribution is 2.34. The highest BCUT2D eigenvalue weighted by molar-refractivity contribution is 5.89. The first kappa shape index (κ1) is 22.5. The van der Waals surface area contributed by atoms with Gasteiger partial charge in [0.15, 0.2) is 5.65 Å². The normalized spacial score (nSPS) is 11.5. The van der Waals surface area contributed by atoms with E-state index in [1.165, 1.54) is 22.9 Å². The molecule has 0 saturated carbocycles. The van der Waals surface area contributed by atoms with Crippen molar-refractivity contribution in [1.29, 1.82) is 0 Å². The Morgan fingerprint density at radius 3 is 2.54 bits per heavy atom. The molecule has 0 aliphatic rings. The van der Waals surface area contributed by atoms with Gasteiger partial charge in [-0.1, -0.05) is 18.2 Å². The van der Waals surface area contributed by atoms with Crippen molar-refractivity contribution >= 4 is 5.65 Å². The molecule has 5 rings (SSSR count). The summed E-state index contributed by atoms with van der Waals surface area (Å²) in [6.07, 6.45) is 3.54. The molecule has 0 unspecified atom stereocenters. The molecule has 176 valence electrons. The van der Waals surface area contributed by atoms with Crippen LogP contribution in [0.2, 0.25) is 0 Å². The van der Waals surface area contributed by atoms with E-state index in [2.05, 4.69) is 15.2 Å². The van der Waals surface area contributed by atoms with E-state index < -0.39 is 11.6 Å². The van der Waals surface area contributed by atoms with Gasteiger partial charge in [-0.05, 0) is 50.8 Å². The Bertz CT molecular complexity index is 1620. The second-order valence-electron chi connectivity index (χ2n) is 8.57. The zero-order valence-electron chi connectivity index (χ0n) is 19.4. The molecular formula is C26H22F2N6O. The molecule has 0 fully saturated rings. The van der Waals surface area contributed by atoms with Gasteiger partial charge < -0.3 is 4.90 Å². The Morgan fingerprint density at radius 2 is 1.80 bits per heavy atom. The van der Waals surface area contributed by atoms with E-state index in [-0.39, 0.29) is 16.8 Å². The average molecular weight is 472 g/mol. The van der Waals surface area contributed by atoms with Crippen LogP contribution in [0.15, 0.2) is 71.8 Å². The second kappa shape index (κ2) is 8.84. The number of aromatic nitrogens is 5. The fourth-order valence-electron chi connectivity index (χ4n) is 4.04. The van der Waals surface area contributed by atoms with Crippen molar-refractivity contribution in [2.24, 2.45) is 0 Å². The molecule has 0 bridgehead atoms. The molecule has 0 aliphatic heterocycles. The lowest BCUT2D eigenvalue weighted by Gasteiger charge is -2.10. The molecule has 0 saturated heterocycles. The molecule has 9 heteroatoms. The molecule has 0 aliphatic carbocycles. The van der Waals surface area contributed by atoms with Crippen molar-refractivity contribution in [3.8, 4) is 28.2 Å². The van der Waals surface area contributed by atoms with E-state index in [9.17, 15) is 13.6 Å². The minimum atomic E-state index is -0.754. The van der Waals surface area contributed by atoms with Crippen LogP contribution in [0.25, 0.3) is 33.8 Å². The number of hydrogen-bond acceptors (Lipinski definition) is 5. The number of rotatable bonds is 5. The lowest BCUT2D eigenvalue weighted by Crippen LogP contribution is -2.21. The van der Waals surface area contributed by atoms with E-state index in [0.29, 0.717) is 29.1 Å². The number of nitrogens with zero attached hydrogens (tertiary/aromatic N) is 6. The summed E-state index contributed by atoms with van der Waals surface area (Å²) in [7, 11) is 3.88. The zero-order chi connectivity index (χ0) is 24.7. The van der Waals surface area contributed by atoms with Gasteiger partial charge in [0.1, 0.15) is 17.3 Å². The van der Waals surface area contributed by atoms with E-state index in [1.54, 1.807) is 22.8 Å². The Labute approximate surface area is 199 Å². The van der Waals surface area contributed by atoms with E-state index in [0.717, 1.165) is 17.2 Å². The quantitative estimate of drug-likeness (QED) is 0.382. The number of halogens is 2. The third-order valence-corrected chi connectivity index (χ3v) is 5.61. The summed E-state index contributed by atoms with van der Waals surface area (Å²) in [4.78, 5) is 19.3. The number of hydrogen-bond donors (Lipinski definition) is 0. The topological polar surface area (TPSA) is 68.3 Å². The number of fused-ring (bicyclic) bond motifs is 1. The van der Waals surface area contributed by atoms with Crippen LogP contribution < -0.4 is 5.56 Å². The molecule has 2 aromatic carbocycles. The smallest absolute Gasteiger partial charge is 0.271 e. The maximum absolute atomic E-state index is 14.9. The molecule has 3 heterocycles. The SMILES string of the molecule is Cc1ccccc1-n1nc(-c2c(-c3ccc(F)cc3F)nn3cc(CN(C)C)cnc23)ccc1=O. The largest absolute Gasteiger partial charge is 0.305 e. The number of para-hydroxylation sites is 1. The van der Waals surface area contributed by atoms with Crippen LogP contribution >= 0.6 is 0 Å². The van der Waals surface area contributed by atoms with Gasteiger partial charge >= 0.3 is 0 Å². The fourth-order valence-corrected chi connectivity index (χ4v) is 4.04. The molecule has 0 N–H and O–H groups in total. The first-order chi connectivity index (χ1) is 16.8.